The zero-order chi connectivity index (χ0) is 33.3. The molecule has 0 aliphatic heterocycles. The molecule has 0 aliphatic carbocycles. The maximum absolute atomic E-state index is 12.3. The smallest absolute Gasteiger partial charge is 0.296 e. The minimum Gasteiger partial charge on any atom is -0.506 e. The highest BCUT2D eigenvalue weighted by Gasteiger charge is 2.22. The molecule has 0 spiro atoms. The molecule has 0 fully saturated rings. The summed E-state index contributed by atoms with van der Waals surface area (Å²) in [5.74, 6) is -1.17. The lowest BCUT2D eigenvalue weighted by atomic mass is 10.1. The average molecular weight is 676 g/mol. The van der Waals surface area contributed by atoms with Gasteiger partial charge in [-0.15, -0.1) is 20.5 Å². The Labute approximate surface area is 259 Å². The normalized spacial score (nSPS) is 12.8. The maximum atomic E-state index is 12.3. The number of aromatic hydroxyl groups is 2. The van der Waals surface area contributed by atoms with Gasteiger partial charge in [-0.05, 0) is 61.0 Å². The fraction of sp³-hybridized carbons (Fsp3) is 0.214. The average Bonchev–Trinajstić information content (AvgIpc) is 3.00. The highest BCUT2D eigenvalue weighted by molar-refractivity contribution is 7.91. The van der Waals surface area contributed by atoms with E-state index in [0.717, 1.165) is 24.3 Å². The highest BCUT2D eigenvalue weighted by Crippen LogP contribution is 2.44. The van der Waals surface area contributed by atoms with Crippen molar-refractivity contribution < 1.29 is 40.0 Å². The summed E-state index contributed by atoms with van der Waals surface area (Å²) in [6, 6.07) is 11.6. The molecular weight excluding hydrogens is 647 g/mol. The van der Waals surface area contributed by atoms with Gasteiger partial charge >= 0.3 is 0 Å². The van der Waals surface area contributed by atoms with Crippen LogP contribution in [0.25, 0.3) is 10.8 Å². The highest BCUT2D eigenvalue weighted by atomic mass is 32.2. The van der Waals surface area contributed by atoms with Crippen LogP contribution < -0.4 is 5.32 Å². The Kier molecular flexibility index (Phi) is 9.30. The van der Waals surface area contributed by atoms with Gasteiger partial charge in [-0.3, -0.25) is 4.55 Å². The molecule has 0 aliphatic rings. The Hall–Kier alpha value is -4.45. The van der Waals surface area contributed by atoms with E-state index in [9.17, 15) is 40.0 Å². The number of phenols is 2. The van der Waals surface area contributed by atoms with Gasteiger partial charge in [-0.2, -0.15) is 8.42 Å². The SMILES string of the molecule is CCS(=O)(=O)c1ccc(N=Nc2c(NC)ccc3c(O)c(N=Nc4cc(C)c(S(=O)(=O)CC)cc4O)ccc23)c(S(=O)(=O)O)c1. The van der Waals surface area contributed by atoms with Crippen molar-refractivity contribution in [2.24, 2.45) is 20.5 Å². The van der Waals surface area contributed by atoms with Gasteiger partial charge in [0.25, 0.3) is 10.1 Å². The number of rotatable bonds is 10. The summed E-state index contributed by atoms with van der Waals surface area (Å²) in [5.41, 5.74) is 0.622. The number of nitrogens with zero attached hydrogens (tertiary/aromatic N) is 4. The van der Waals surface area contributed by atoms with Crippen LogP contribution in [0.1, 0.15) is 19.4 Å². The molecule has 17 heteroatoms. The Balaban J connectivity index is 1.79. The van der Waals surface area contributed by atoms with Gasteiger partial charge in [0.2, 0.25) is 0 Å². The summed E-state index contributed by atoms with van der Waals surface area (Å²) in [6.07, 6.45) is 0. The largest absolute Gasteiger partial charge is 0.506 e. The van der Waals surface area contributed by atoms with Crippen LogP contribution in [0.15, 0.2) is 89.7 Å². The minimum atomic E-state index is -4.89. The maximum Gasteiger partial charge on any atom is 0.296 e. The molecule has 0 radical (unpaired) electrons. The van der Waals surface area contributed by atoms with E-state index < -0.39 is 40.4 Å². The topological polar surface area (TPSA) is 225 Å². The molecule has 4 rings (SSSR count). The molecule has 238 valence electrons. The van der Waals surface area contributed by atoms with E-state index in [4.69, 9.17) is 0 Å². The monoisotopic (exact) mass is 675 g/mol. The number of nitrogens with one attached hydrogen (secondary N) is 1. The second-order valence-corrected chi connectivity index (χ2v) is 15.6. The van der Waals surface area contributed by atoms with Crippen LogP contribution in [0.2, 0.25) is 0 Å². The van der Waals surface area contributed by atoms with Crippen molar-refractivity contribution >= 4 is 69.0 Å². The van der Waals surface area contributed by atoms with E-state index in [2.05, 4.69) is 25.8 Å². The van der Waals surface area contributed by atoms with E-state index in [1.807, 2.05) is 0 Å². The molecule has 4 N–H and O–H groups in total. The first kappa shape index (κ1) is 33.4. The summed E-state index contributed by atoms with van der Waals surface area (Å²) in [4.78, 5) is -1.09. The molecule has 14 nitrogen and oxygen atoms in total. The quantitative estimate of drug-likeness (QED) is 0.109. The van der Waals surface area contributed by atoms with Crippen LogP contribution in [0.3, 0.4) is 0 Å². The summed E-state index contributed by atoms with van der Waals surface area (Å²) in [7, 11) is -10.7. The van der Waals surface area contributed by atoms with Gasteiger partial charge < -0.3 is 15.5 Å². The zero-order valence-corrected chi connectivity index (χ0v) is 26.9. The molecular formula is C28H29N5O9S3. The third kappa shape index (κ3) is 6.80. The number of phenolic OH excluding ortho intramolecular Hbond substituents is 2. The lowest BCUT2D eigenvalue weighted by molar-refractivity contribution is 0.473. The molecule has 0 saturated heterocycles. The zero-order valence-electron chi connectivity index (χ0n) is 24.4. The first-order valence-corrected chi connectivity index (χ1v) is 18.0. The van der Waals surface area contributed by atoms with E-state index >= 15 is 0 Å². The third-order valence-electron chi connectivity index (χ3n) is 6.85. The minimum absolute atomic E-state index is 0.00582. The van der Waals surface area contributed by atoms with Gasteiger partial charge in [0.1, 0.15) is 33.4 Å². The van der Waals surface area contributed by atoms with Crippen molar-refractivity contribution in [3.63, 3.8) is 0 Å². The number of fused-ring (bicyclic) bond motifs is 1. The first-order chi connectivity index (χ1) is 21.0. The van der Waals surface area contributed by atoms with Crippen molar-refractivity contribution in [1.29, 1.82) is 0 Å². The number of hydrogen-bond acceptors (Lipinski definition) is 13. The van der Waals surface area contributed by atoms with Crippen LogP contribution in [0.5, 0.6) is 11.5 Å². The number of sulfone groups is 2. The summed E-state index contributed by atoms with van der Waals surface area (Å²) in [5, 5.41) is 41.1. The number of hydrogen-bond donors (Lipinski definition) is 4. The number of aryl methyl sites for hydroxylation is 1. The Morgan fingerprint density at radius 2 is 1.29 bits per heavy atom. The first-order valence-electron chi connectivity index (χ1n) is 13.2. The van der Waals surface area contributed by atoms with Gasteiger partial charge in [0.15, 0.2) is 25.4 Å². The summed E-state index contributed by atoms with van der Waals surface area (Å²) >= 11 is 0. The number of azo groups is 2. The molecule has 0 heterocycles. The molecule has 0 saturated carbocycles. The number of anilines is 1. The molecule has 0 amide bonds. The molecule has 45 heavy (non-hydrogen) atoms. The van der Waals surface area contributed by atoms with Crippen molar-refractivity contribution in [1.82, 2.24) is 0 Å². The van der Waals surface area contributed by atoms with E-state index in [1.54, 1.807) is 32.2 Å². The third-order valence-corrected chi connectivity index (χ3v) is 11.3. The molecule has 0 aromatic heterocycles. The van der Waals surface area contributed by atoms with Crippen LogP contribution in [0.4, 0.5) is 28.4 Å². The van der Waals surface area contributed by atoms with Gasteiger partial charge in [-0.1, -0.05) is 13.8 Å². The Morgan fingerprint density at radius 1 is 0.689 bits per heavy atom. The van der Waals surface area contributed by atoms with E-state index in [1.165, 1.54) is 26.0 Å². The van der Waals surface area contributed by atoms with Gasteiger partial charge in [0.05, 0.1) is 27.0 Å². The fourth-order valence-electron chi connectivity index (χ4n) is 4.34. The fourth-order valence-corrected chi connectivity index (χ4v) is 7.12. The summed E-state index contributed by atoms with van der Waals surface area (Å²) < 4.78 is 83.0. The lowest BCUT2D eigenvalue weighted by Crippen LogP contribution is -2.06. The summed E-state index contributed by atoms with van der Waals surface area (Å²) in [6.45, 7) is 4.44. The second kappa shape index (κ2) is 12.5. The molecule has 0 unspecified atom stereocenters. The lowest BCUT2D eigenvalue weighted by Gasteiger charge is -2.11. The van der Waals surface area contributed by atoms with Crippen molar-refractivity contribution in [2.45, 2.75) is 35.5 Å². The van der Waals surface area contributed by atoms with Crippen molar-refractivity contribution in [3.05, 3.63) is 60.2 Å². The van der Waals surface area contributed by atoms with E-state index in [-0.39, 0.29) is 55.2 Å². The standard InChI is InChI=1S/C28H29N5O9S3/c1-5-43(36,37)17-7-10-20(26(14-17)45(40,41)42)30-33-27-18-8-12-22(28(35)19(18)9-11-21(27)29-4)31-32-23-13-16(3)25(15-24(23)34)44(38,39)6-2/h7-15,29,34-35H,5-6H2,1-4H3,(H,40,41,42). The van der Waals surface area contributed by atoms with Crippen LogP contribution in [-0.2, 0) is 29.8 Å². The van der Waals surface area contributed by atoms with E-state index in [0.29, 0.717) is 16.6 Å². The molecule has 4 aromatic rings. The van der Waals surface area contributed by atoms with Crippen molar-refractivity contribution in [2.75, 3.05) is 23.9 Å². The van der Waals surface area contributed by atoms with Crippen LogP contribution >= 0.6 is 0 Å². The Morgan fingerprint density at radius 3 is 1.91 bits per heavy atom. The predicted molar refractivity (Wildman–Crippen MR) is 168 cm³/mol. The molecule has 0 atom stereocenters. The second-order valence-electron chi connectivity index (χ2n) is 9.66. The van der Waals surface area contributed by atoms with Crippen LogP contribution in [-0.4, -0.2) is 58.6 Å². The number of benzene rings is 4. The van der Waals surface area contributed by atoms with Gasteiger partial charge in [-0.25, -0.2) is 16.8 Å². The molecule has 0 bridgehead atoms. The molecule has 4 aromatic carbocycles. The van der Waals surface area contributed by atoms with Crippen LogP contribution in [0, 0.1) is 6.92 Å². The van der Waals surface area contributed by atoms with Gasteiger partial charge in [0, 0.05) is 23.9 Å². The predicted octanol–water partition coefficient (Wildman–Crippen LogP) is 6.27. The Bertz CT molecular complexity index is 2220. The van der Waals surface area contributed by atoms with Crippen molar-refractivity contribution in [3.8, 4) is 11.5 Å².